The van der Waals surface area contributed by atoms with Crippen molar-refractivity contribution in [1.82, 2.24) is 19.9 Å². The number of aromatic nitrogens is 3. The Hall–Kier alpha value is -4.69. The molecule has 1 N–H and O–H groups in total. The van der Waals surface area contributed by atoms with Crippen LogP contribution in [-0.4, -0.2) is 26.8 Å². The Bertz CT molecular complexity index is 1620. The molecular weight excluding hydrogens is 518 g/mol. The van der Waals surface area contributed by atoms with Crippen molar-refractivity contribution < 1.29 is 9.47 Å². The van der Waals surface area contributed by atoms with Gasteiger partial charge in [0, 0.05) is 29.5 Å². The molecule has 0 spiro atoms. The van der Waals surface area contributed by atoms with Gasteiger partial charge in [-0.15, -0.1) is 0 Å². The van der Waals surface area contributed by atoms with E-state index < -0.39 is 0 Å². The van der Waals surface area contributed by atoms with Crippen LogP contribution in [0.25, 0.3) is 5.69 Å². The zero-order valence-corrected chi connectivity index (χ0v) is 23.3. The molecule has 5 aromatic rings. The maximum atomic E-state index is 6.07. The van der Waals surface area contributed by atoms with Crippen LogP contribution in [0, 0.1) is 13.8 Å². The van der Waals surface area contributed by atoms with Crippen LogP contribution in [-0.2, 0) is 0 Å². The summed E-state index contributed by atoms with van der Waals surface area (Å²) in [7, 11) is 1.65. The van der Waals surface area contributed by atoms with Crippen molar-refractivity contribution in [3.05, 3.63) is 126 Å². The maximum absolute atomic E-state index is 6.07. The molecular formula is C32H29N5O2S. The van der Waals surface area contributed by atoms with E-state index in [1.807, 2.05) is 85.2 Å². The predicted octanol–water partition coefficient (Wildman–Crippen LogP) is 6.86. The van der Waals surface area contributed by atoms with Gasteiger partial charge >= 0.3 is 0 Å². The van der Waals surface area contributed by atoms with Gasteiger partial charge in [-0.3, -0.25) is 9.97 Å². The lowest BCUT2D eigenvalue weighted by molar-refractivity contribution is 0.413. The molecule has 0 aliphatic carbocycles. The lowest BCUT2D eigenvalue weighted by atomic mass is 9.96. The molecule has 1 fully saturated rings. The number of hydrogen-bond acceptors (Lipinski definition) is 5. The molecule has 7 nitrogen and oxygen atoms in total. The number of nitrogens with zero attached hydrogens (tertiary/aromatic N) is 4. The van der Waals surface area contributed by atoms with Gasteiger partial charge in [-0.1, -0.05) is 6.07 Å². The second-order valence-electron chi connectivity index (χ2n) is 9.64. The van der Waals surface area contributed by atoms with Gasteiger partial charge in [0.2, 0.25) is 0 Å². The molecule has 4 heterocycles. The summed E-state index contributed by atoms with van der Waals surface area (Å²) in [4.78, 5) is 11.2. The topological polar surface area (TPSA) is 64.4 Å². The highest BCUT2D eigenvalue weighted by molar-refractivity contribution is 7.80. The number of ether oxygens (including phenoxy) is 2. The second-order valence-corrected chi connectivity index (χ2v) is 10.0. The molecule has 2 unspecified atom stereocenters. The van der Waals surface area contributed by atoms with E-state index in [2.05, 4.69) is 45.7 Å². The van der Waals surface area contributed by atoms with Crippen LogP contribution in [0.1, 0.15) is 34.7 Å². The summed E-state index contributed by atoms with van der Waals surface area (Å²) < 4.78 is 13.6. The van der Waals surface area contributed by atoms with E-state index in [0.717, 1.165) is 45.7 Å². The van der Waals surface area contributed by atoms with Crippen LogP contribution < -0.4 is 19.7 Å². The second kappa shape index (κ2) is 10.8. The lowest BCUT2D eigenvalue weighted by Crippen LogP contribution is -2.29. The normalized spacial score (nSPS) is 16.6. The minimum absolute atomic E-state index is 0.118. The molecule has 0 bridgehead atoms. The van der Waals surface area contributed by atoms with E-state index in [0.29, 0.717) is 5.11 Å². The minimum Gasteiger partial charge on any atom is -0.497 e. The smallest absolute Gasteiger partial charge is 0.174 e. The number of aryl methyl sites for hydroxylation is 1. The monoisotopic (exact) mass is 547 g/mol. The van der Waals surface area contributed by atoms with Gasteiger partial charge < -0.3 is 24.3 Å². The fourth-order valence-electron chi connectivity index (χ4n) is 5.37. The minimum atomic E-state index is -0.133. The number of thiocarbonyl (C=S) groups is 1. The number of hydrogen-bond donors (Lipinski definition) is 1. The van der Waals surface area contributed by atoms with E-state index in [1.165, 1.54) is 5.56 Å². The highest BCUT2D eigenvalue weighted by Crippen LogP contribution is 2.44. The van der Waals surface area contributed by atoms with E-state index in [4.69, 9.17) is 26.7 Å². The van der Waals surface area contributed by atoms with E-state index >= 15 is 0 Å². The standard InChI is InChI=1S/C32H29N5O2S/c1-21-19-28(22(2)36(21)24-7-6-17-33-20-24)31-30(29-8-4-5-18-34-29)35-32(40)37(31)23-9-11-26(12-10-23)39-27-15-13-25(38-3)14-16-27/h4-20,30-31H,1-3H3,(H,35,40). The first kappa shape index (κ1) is 25.6. The first-order valence-corrected chi connectivity index (χ1v) is 13.5. The van der Waals surface area contributed by atoms with E-state index in [9.17, 15) is 0 Å². The number of rotatable bonds is 7. The molecule has 2 atom stereocenters. The van der Waals surface area contributed by atoms with Gasteiger partial charge in [-0.25, -0.2) is 0 Å². The van der Waals surface area contributed by atoms with Gasteiger partial charge in [0.15, 0.2) is 5.11 Å². The Morgan fingerprint density at radius 3 is 2.20 bits per heavy atom. The predicted molar refractivity (Wildman–Crippen MR) is 160 cm³/mol. The lowest BCUT2D eigenvalue weighted by Gasteiger charge is -2.28. The summed E-state index contributed by atoms with van der Waals surface area (Å²) in [6, 6.07) is 27.5. The summed E-state index contributed by atoms with van der Waals surface area (Å²) in [5.41, 5.74) is 6.35. The molecule has 8 heteroatoms. The Kier molecular flexibility index (Phi) is 6.92. The molecule has 40 heavy (non-hydrogen) atoms. The summed E-state index contributed by atoms with van der Waals surface area (Å²) in [6.45, 7) is 4.27. The molecule has 1 aliphatic heterocycles. The average Bonchev–Trinajstić information content (AvgIpc) is 3.49. The Morgan fingerprint density at radius 1 is 0.825 bits per heavy atom. The van der Waals surface area contributed by atoms with Crippen molar-refractivity contribution in [3.8, 4) is 22.9 Å². The van der Waals surface area contributed by atoms with Crippen LogP contribution in [0.4, 0.5) is 5.69 Å². The number of methoxy groups -OCH3 is 1. The third kappa shape index (κ3) is 4.78. The summed E-state index contributed by atoms with van der Waals surface area (Å²) in [5, 5.41) is 4.21. The van der Waals surface area contributed by atoms with Crippen molar-refractivity contribution in [3.63, 3.8) is 0 Å². The van der Waals surface area contributed by atoms with Crippen LogP contribution >= 0.6 is 12.2 Å². The zero-order chi connectivity index (χ0) is 27.6. The zero-order valence-electron chi connectivity index (χ0n) is 22.5. The van der Waals surface area contributed by atoms with Gasteiger partial charge in [0.1, 0.15) is 17.2 Å². The third-order valence-corrected chi connectivity index (χ3v) is 7.52. The summed E-state index contributed by atoms with van der Waals surface area (Å²) in [6.07, 6.45) is 5.50. The number of anilines is 1. The number of pyridine rings is 2. The Balaban J connectivity index is 1.38. The molecule has 3 aromatic heterocycles. The molecule has 6 rings (SSSR count). The van der Waals surface area contributed by atoms with Crippen molar-refractivity contribution in [2.24, 2.45) is 0 Å². The van der Waals surface area contributed by atoms with Crippen molar-refractivity contribution in [2.75, 3.05) is 12.0 Å². The first-order valence-electron chi connectivity index (χ1n) is 13.1. The SMILES string of the molecule is COc1ccc(Oc2ccc(N3C(=S)NC(c4ccccn4)C3c3cc(C)n(-c4cccnc4)c3C)cc2)cc1. The highest BCUT2D eigenvalue weighted by atomic mass is 32.1. The maximum Gasteiger partial charge on any atom is 0.174 e. The fraction of sp³-hybridized carbons (Fsp3) is 0.156. The summed E-state index contributed by atoms with van der Waals surface area (Å²) >= 11 is 5.94. The number of nitrogens with one attached hydrogen (secondary N) is 1. The Labute approximate surface area is 239 Å². The van der Waals surface area contributed by atoms with E-state index in [1.54, 1.807) is 13.3 Å². The molecule has 0 saturated carbocycles. The van der Waals surface area contributed by atoms with Gasteiger partial charge in [-0.05, 0) is 110 Å². The highest BCUT2D eigenvalue weighted by Gasteiger charge is 2.42. The van der Waals surface area contributed by atoms with Gasteiger partial charge in [-0.2, -0.15) is 0 Å². The third-order valence-electron chi connectivity index (χ3n) is 7.20. The fourth-order valence-corrected chi connectivity index (χ4v) is 5.72. The van der Waals surface area contributed by atoms with Crippen LogP contribution in [0.5, 0.6) is 17.2 Å². The van der Waals surface area contributed by atoms with Crippen molar-refractivity contribution in [1.29, 1.82) is 0 Å². The molecule has 2 aromatic carbocycles. The molecule has 0 amide bonds. The van der Waals surface area contributed by atoms with E-state index in [-0.39, 0.29) is 12.1 Å². The van der Waals surface area contributed by atoms with Crippen LogP contribution in [0.15, 0.2) is 104 Å². The van der Waals surface area contributed by atoms with Crippen LogP contribution in [0.3, 0.4) is 0 Å². The average molecular weight is 548 g/mol. The Morgan fingerprint density at radius 2 is 1.55 bits per heavy atom. The first-order chi connectivity index (χ1) is 19.5. The molecule has 1 saturated heterocycles. The van der Waals surface area contributed by atoms with Gasteiger partial charge in [0.25, 0.3) is 0 Å². The van der Waals surface area contributed by atoms with Crippen LogP contribution in [0.2, 0.25) is 0 Å². The largest absolute Gasteiger partial charge is 0.497 e. The quantitative estimate of drug-likeness (QED) is 0.223. The molecule has 0 radical (unpaired) electrons. The van der Waals surface area contributed by atoms with Crippen molar-refractivity contribution in [2.45, 2.75) is 25.9 Å². The van der Waals surface area contributed by atoms with Gasteiger partial charge in [0.05, 0.1) is 36.8 Å². The van der Waals surface area contributed by atoms with Crippen molar-refractivity contribution >= 4 is 23.0 Å². The molecule has 1 aliphatic rings. The molecule has 200 valence electrons. The number of benzene rings is 2. The summed E-state index contributed by atoms with van der Waals surface area (Å²) in [5.74, 6) is 2.26.